The number of hydrogen-bond donors (Lipinski definition) is 1. The zero-order chi connectivity index (χ0) is 14.2. The molecule has 0 spiro atoms. The Kier molecular flexibility index (Phi) is 2.72. The Balaban J connectivity index is 1.83. The van der Waals surface area contributed by atoms with E-state index in [4.69, 9.17) is 5.73 Å². The normalized spacial score (nSPS) is 11.0. The molecule has 0 fully saturated rings. The minimum atomic E-state index is 0.748. The maximum atomic E-state index is 5.84. The number of rotatable bonds is 2. The van der Waals surface area contributed by atoms with Gasteiger partial charge in [0.05, 0.1) is 6.20 Å². The summed E-state index contributed by atoms with van der Waals surface area (Å²) in [5.41, 5.74) is 8.66. The van der Waals surface area contributed by atoms with E-state index in [1.807, 2.05) is 53.6 Å². The van der Waals surface area contributed by atoms with E-state index >= 15 is 0 Å². The molecule has 0 saturated carbocycles. The van der Waals surface area contributed by atoms with Crippen molar-refractivity contribution in [3.8, 4) is 16.9 Å². The first-order valence-corrected chi connectivity index (χ1v) is 7.42. The number of thiophene rings is 1. The molecule has 5 heteroatoms. The molecule has 1 aromatic carbocycles. The summed E-state index contributed by atoms with van der Waals surface area (Å²) in [7, 11) is 0. The van der Waals surface area contributed by atoms with Crippen LogP contribution in [0.3, 0.4) is 0 Å². The molecule has 0 amide bonds. The number of nitrogen functional groups attached to an aromatic ring is 1. The first-order valence-electron chi connectivity index (χ1n) is 6.54. The van der Waals surface area contributed by atoms with Crippen LogP contribution in [0.15, 0.2) is 60.4 Å². The number of pyridine rings is 1. The third kappa shape index (κ3) is 2.08. The summed E-state index contributed by atoms with van der Waals surface area (Å²) in [6.07, 6.45) is 5.63. The molecule has 0 aliphatic carbocycles. The van der Waals surface area contributed by atoms with Crippen molar-refractivity contribution in [2.24, 2.45) is 0 Å². The van der Waals surface area contributed by atoms with Crippen molar-refractivity contribution in [3.05, 3.63) is 60.4 Å². The van der Waals surface area contributed by atoms with Crippen molar-refractivity contribution < 1.29 is 0 Å². The Morgan fingerprint density at radius 3 is 2.95 bits per heavy atom. The molecule has 0 radical (unpaired) electrons. The molecule has 4 rings (SSSR count). The van der Waals surface area contributed by atoms with Gasteiger partial charge in [-0.1, -0.05) is 12.1 Å². The Morgan fingerprint density at radius 2 is 2.05 bits per heavy atom. The highest BCUT2D eigenvalue weighted by atomic mass is 32.1. The lowest BCUT2D eigenvalue weighted by molar-refractivity contribution is 0.856. The first kappa shape index (κ1) is 12.1. The van der Waals surface area contributed by atoms with Gasteiger partial charge in [-0.15, -0.1) is 11.3 Å². The van der Waals surface area contributed by atoms with E-state index in [0.717, 1.165) is 28.0 Å². The zero-order valence-corrected chi connectivity index (χ0v) is 11.9. The van der Waals surface area contributed by atoms with Crippen molar-refractivity contribution in [2.45, 2.75) is 0 Å². The third-order valence-corrected chi connectivity index (χ3v) is 4.26. The third-order valence-electron chi connectivity index (χ3n) is 3.38. The molecule has 0 aliphatic heterocycles. The predicted molar refractivity (Wildman–Crippen MR) is 86.6 cm³/mol. The van der Waals surface area contributed by atoms with Crippen LogP contribution in [0.1, 0.15) is 0 Å². The highest BCUT2D eigenvalue weighted by Gasteiger charge is 2.08. The highest BCUT2D eigenvalue weighted by molar-refractivity contribution is 7.17. The number of aromatic nitrogens is 3. The second kappa shape index (κ2) is 4.71. The van der Waals surface area contributed by atoms with Crippen LogP contribution in [0.4, 0.5) is 5.69 Å². The summed E-state index contributed by atoms with van der Waals surface area (Å²) in [6, 6.07) is 11.9. The quantitative estimate of drug-likeness (QED) is 0.573. The molecule has 102 valence electrons. The van der Waals surface area contributed by atoms with Crippen molar-refractivity contribution >= 4 is 27.1 Å². The molecule has 3 heterocycles. The zero-order valence-electron chi connectivity index (χ0n) is 11.1. The van der Waals surface area contributed by atoms with Crippen molar-refractivity contribution in [3.63, 3.8) is 0 Å². The van der Waals surface area contributed by atoms with Gasteiger partial charge in [-0.05, 0) is 35.2 Å². The summed E-state index contributed by atoms with van der Waals surface area (Å²) in [6.45, 7) is 0. The molecule has 2 N–H and O–H groups in total. The number of nitrogens with zero attached hydrogens (tertiary/aromatic N) is 3. The van der Waals surface area contributed by atoms with Crippen LogP contribution in [0.5, 0.6) is 0 Å². The van der Waals surface area contributed by atoms with Gasteiger partial charge in [-0.2, -0.15) is 5.10 Å². The van der Waals surface area contributed by atoms with Gasteiger partial charge in [-0.3, -0.25) is 0 Å². The number of nitrogens with two attached hydrogens (primary N) is 1. The maximum absolute atomic E-state index is 5.84. The molecule has 21 heavy (non-hydrogen) atoms. The van der Waals surface area contributed by atoms with E-state index < -0.39 is 0 Å². The van der Waals surface area contributed by atoms with Gasteiger partial charge in [0, 0.05) is 33.7 Å². The van der Waals surface area contributed by atoms with Gasteiger partial charge in [0.15, 0.2) is 5.82 Å². The fourth-order valence-corrected chi connectivity index (χ4v) is 3.14. The van der Waals surface area contributed by atoms with Crippen LogP contribution in [-0.2, 0) is 0 Å². The number of anilines is 1. The number of hydrogen-bond acceptors (Lipinski definition) is 4. The van der Waals surface area contributed by atoms with Crippen LogP contribution in [-0.4, -0.2) is 14.8 Å². The standard InChI is InChI=1S/C16H12N4S/c17-13-3-1-2-11(8-13)12-9-19-20(10-12)16-14-5-7-21-15(14)4-6-18-16/h1-10H,17H2. The first-order chi connectivity index (χ1) is 10.3. The lowest BCUT2D eigenvalue weighted by Crippen LogP contribution is -1.97. The Labute approximate surface area is 125 Å². The number of benzene rings is 1. The van der Waals surface area contributed by atoms with Gasteiger partial charge >= 0.3 is 0 Å². The Morgan fingerprint density at radius 1 is 1.10 bits per heavy atom. The second-order valence-corrected chi connectivity index (χ2v) is 5.71. The van der Waals surface area contributed by atoms with E-state index in [9.17, 15) is 0 Å². The lowest BCUT2D eigenvalue weighted by atomic mass is 10.1. The monoisotopic (exact) mass is 292 g/mol. The van der Waals surface area contributed by atoms with Crippen molar-refractivity contribution in [2.75, 3.05) is 5.73 Å². The van der Waals surface area contributed by atoms with Gasteiger partial charge < -0.3 is 5.73 Å². The van der Waals surface area contributed by atoms with Gasteiger partial charge in [0.1, 0.15) is 0 Å². The maximum Gasteiger partial charge on any atom is 0.162 e. The van der Waals surface area contributed by atoms with Crippen molar-refractivity contribution in [1.29, 1.82) is 0 Å². The van der Waals surface area contributed by atoms with Gasteiger partial charge in [0.2, 0.25) is 0 Å². The van der Waals surface area contributed by atoms with E-state index in [0.29, 0.717) is 0 Å². The SMILES string of the molecule is Nc1cccc(-c2cnn(-c3nccc4sccc34)c2)c1. The molecule has 0 saturated heterocycles. The predicted octanol–water partition coefficient (Wildman–Crippen LogP) is 3.73. The smallest absolute Gasteiger partial charge is 0.162 e. The topological polar surface area (TPSA) is 56.7 Å². The molecule has 4 nitrogen and oxygen atoms in total. The molecule has 0 aliphatic rings. The summed E-state index contributed by atoms with van der Waals surface area (Å²) in [5.74, 6) is 0.851. The average molecular weight is 292 g/mol. The average Bonchev–Trinajstić information content (AvgIpc) is 3.16. The number of fused-ring (bicyclic) bond motifs is 1. The van der Waals surface area contributed by atoms with E-state index in [1.165, 1.54) is 4.70 Å². The van der Waals surface area contributed by atoms with Gasteiger partial charge in [-0.25, -0.2) is 9.67 Å². The minimum Gasteiger partial charge on any atom is -0.399 e. The van der Waals surface area contributed by atoms with Crippen LogP contribution < -0.4 is 5.73 Å². The summed E-state index contributed by atoms with van der Waals surface area (Å²) in [5, 5.41) is 7.62. The van der Waals surface area contributed by atoms with Crippen LogP contribution in [0.25, 0.3) is 27.0 Å². The van der Waals surface area contributed by atoms with Crippen LogP contribution in [0, 0.1) is 0 Å². The summed E-state index contributed by atoms with van der Waals surface area (Å²) < 4.78 is 3.02. The Bertz CT molecular complexity index is 923. The molecule has 3 aromatic heterocycles. The highest BCUT2D eigenvalue weighted by Crippen LogP contribution is 2.26. The molecule has 0 unspecified atom stereocenters. The van der Waals surface area contributed by atoms with E-state index in [2.05, 4.69) is 21.5 Å². The van der Waals surface area contributed by atoms with Crippen LogP contribution >= 0.6 is 11.3 Å². The summed E-state index contributed by atoms with van der Waals surface area (Å²) in [4.78, 5) is 4.46. The molecular formula is C16H12N4S. The van der Waals surface area contributed by atoms with Crippen molar-refractivity contribution in [1.82, 2.24) is 14.8 Å². The molecular weight excluding hydrogens is 280 g/mol. The van der Waals surface area contributed by atoms with E-state index in [-0.39, 0.29) is 0 Å². The Hall–Kier alpha value is -2.66. The fraction of sp³-hybridized carbons (Fsp3) is 0. The largest absolute Gasteiger partial charge is 0.399 e. The minimum absolute atomic E-state index is 0.748. The second-order valence-electron chi connectivity index (χ2n) is 4.77. The molecule has 0 bridgehead atoms. The molecule has 0 atom stereocenters. The van der Waals surface area contributed by atoms with Crippen LogP contribution in [0.2, 0.25) is 0 Å². The van der Waals surface area contributed by atoms with Gasteiger partial charge in [0.25, 0.3) is 0 Å². The fourth-order valence-electron chi connectivity index (χ4n) is 2.37. The van der Waals surface area contributed by atoms with E-state index in [1.54, 1.807) is 11.3 Å². The lowest BCUT2D eigenvalue weighted by Gasteiger charge is -2.02. The molecule has 4 aromatic rings. The summed E-state index contributed by atoms with van der Waals surface area (Å²) >= 11 is 1.70.